The van der Waals surface area contributed by atoms with E-state index in [2.05, 4.69) is 5.92 Å². The summed E-state index contributed by atoms with van der Waals surface area (Å²) in [5, 5.41) is 0. The largest absolute Gasteiger partial charge is 0.207 e. The van der Waals surface area contributed by atoms with E-state index in [0.717, 1.165) is 12.0 Å². The summed E-state index contributed by atoms with van der Waals surface area (Å²) in [7, 11) is 0. The molecule has 0 fully saturated rings. The van der Waals surface area contributed by atoms with E-state index in [0.29, 0.717) is 12.0 Å². The van der Waals surface area contributed by atoms with Gasteiger partial charge >= 0.3 is 0 Å². The maximum atomic E-state index is 12.8. The molecule has 0 saturated carbocycles. The molecule has 0 aliphatic rings. The smallest absolute Gasteiger partial charge is 0.126 e. The minimum atomic E-state index is -0.153. The van der Waals surface area contributed by atoms with Crippen molar-refractivity contribution in [2.24, 2.45) is 0 Å². The molecule has 1 rings (SSSR count). The quantitative estimate of drug-likeness (QED) is 0.586. The third kappa shape index (κ3) is 2.10. The average molecular weight is 162 g/mol. The molecule has 12 heavy (non-hydrogen) atoms. The molecule has 0 saturated heterocycles. The second-order valence-electron chi connectivity index (χ2n) is 2.79. The number of aryl methyl sites for hydroxylation is 2. The van der Waals surface area contributed by atoms with Crippen molar-refractivity contribution in [1.82, 2.24) is 0 Å². The highest BCUT2D eigenvalue weighted by Gasteiger charge is 1.97. The van der Waals surface area contributed by atoms with E-state index in [1.807, 2.05) is 6.07 Å². The van der Waals surface area contributed by atoms with Gasteiger partial charge in [-0.15, -0.1) is 12.3 Å². The van der Waals surface area contributed by atoms with Crippen LogP contribution in [0.4, 0.5) is 4.39 Å². The highest BCUT2D eigenvalue weighted by atomic mass is 19.1. The van der Waals surface area contributed by atoms with Gasteiger partial charge in [0.25, 0.3) is 0 Å². The van der Waals surface area contributed by atoms with Crippen molar-refractivity contribution in [1.29, 1.82) is 0 Å². The Hall–Kier alpha value is -1.29. The molecule has 0 radical (unpaired) electrons. The van der Waals surface area contributed by atoms with Gasteiger partial charge in [-0.1, -0.05) is 12.1 Å². The van der Waals surface area contributed by atoms with Crippen LogP contribution < -0.4 is 0 Å². The van der Waals surface area contributed by atoms with Gasteiger partial charge in [-0.05, 0) is 30.5 Å². The van der Waals surface area contributed by atoms with E-state index >= 15 is 0 Å². The number of benzene rings is 1. The minimum absolute atomic E-state index is 0.153. The van der Waals surface area contributed by atoms with Gasteiger partial charge in [0.05, 0.1) is 0 Å². The molecule has 0 atom stereocenters. The van der Waals surface area contributed by atoms with Crippen LogP contribution in [0.3, 0.4) is 0 Å². The zero-order chi connectivity index (χ0) is 8.97. The van der Waals surface area contributed by atoms with E-state index in [1.165, 1.54) is 6.07 Å². The molecular formula is C11H11F. The minimum Gasteiger partial charge on any atom is -0.207 e. The first-order chi connectivity index (χ1) is 5.74. The van der Waals surface area contributed by atoms with E-state index < -0.39 is 0 Å². The first-order valence-electron chi connectivity index (χ1n) is 3.92. The monoisotopic (exact) mass is 162 g/mol. The summed E-state index contributed by atoms with van der Waals surface area (Å²) in [6.45, 7) is 1.76. The van der Waals surface area contributed by atoms with Crippen molar-refractivity contribution in [2.45, 2.75) is 19.8 Å². The SMILES string of the molecule is C#CCCc1ccc(F)c(C)c1. The maximum Gasteiger partial charge on any atom is 0.126 e. The average Bonchev–Trinajstić information content (AvgIpc) is 2.07. The summed E-state index contributed by atoms with van der Waals surface area (Å²) in [5.41, 5.74) is 1.79. The van der Waals surface area contributed by atoms with Crippen LogP contribution in [0.15, 0.2) is 18.2 Å². The zero-order valence-electron chi connectivity index (χ0n) is 7.10. The molecule has 62 valence electrons. The van der Waals surface area contributed by atoms with Gasteiger partial charge in [0.1, 0.15) is 5.82 Å². The van der Waals surface area contributed by atoms with Crippen LogP contribution in [0.5, 0.6) is 0 Å². The Morgan fingerprint density at radius 1 is 1.50 bits per heavy atom. The Morgan fingerprint density at radius 3 is 2.83 bits per heavy atom. The fourth-order valence-corrected chi connectivity index (χ4v) is 1.08. The third-order valence-electron chi connectivity index (χ3n) is 1.78. The normalized spacial score (nSPS) is 9.42. The summed E-state index contributed by atoms with van der Waals surface area (Å²) in [6, 6.07) is 5.10. The number of rotatable bonds is 2. The highest BCUT2D eigenvalue weighted by molar-refractivity contribution is 5.24. The molecule has 0 spiro atoms. The lowest BCUT2D eigenvalue weighted by atomic mass is 10.1. The van der Waals surface area contributed by atoms with Gasteiger partial charge in [0, 0.05) is 6.42 Å². The van der Waals surface area contributed by atoms with E-state index in [-0.39, 0.29) is 5.82 Å². The standard InChI is InChI=1S/C11H11F/c1-3-4-5-10-6-7-11(12)9(2)8-10/h1,6-8H,4-5H2,2H3. The predicted molar refractivity (Wildman–Crippen MR) is 48.3 cm³/mol. The van der Waals surface area contributed by atoms with Crippen LogP contribution in [0.1, 0.15) is 17.5 Å². The molecule has 1 heteroatoms. The molecule has 1 aromatic rings. The van der Waals surface area contributed by atoms with Crippen LogP contribution in [-0.4, -0.2) is 0 Å². The van der Waals surface area contributed by atoms with Gasteiger partial charge in [0.2, 0.25) is 0 Å². The number of hydrogen-bond acceptors (Lipinski definition) is 0. The lowest BCUT2D eigenvalue weighted by Crippen LogP contribution is -1.87. The highest BCUT2D eigenvalue weighted by Crippen LogP contribution is 2.10. The fraction of sp³-hybridized carbons (Fsp3) is 0.273. The second-order valence-corrected chi connectivity index (χ2v) is 2.79. The van der Waals surface area contributed by atoms with Gasteiger partial charge in [-0.25, -0.2) is 4.39 Å². The molecule has 0 aromatic heterocycles. The van der Waals surface area contributed by atoms with Crippen LogP contribution in [0.2, 0.25) is 0 Å². The molecule has 1 aromatic carbocycles. The van der Waals surface area contributed by atoms with Crippen molar-refractivity contribution >= 4 is 0 Å². The maximum absolute atomic E-state index is 12.8. The van der Waals surface area contributed by atoms with Gasteiger partial charge < -0.3 is 0 Å². The first-order valence-corrected chi connectivity index (χ1v) is 3.92. The van der Waals surface area contributed by atoms with E-state index in [4.69, 9.17) is 6.42 Å². The van der Waals surface area contributed by atoms with Gasteiger partial charge in [-0.2, -0.15) is 0 Å². The molecular weight excluding hydrogens is 151 g/mol. The summed E-state index contributed by atoms with van der Waals surface area (Å²) < 4.78 is 12.8. The fourth-order valence-electron chi connectivity index (χ4n) is 1.08. The van der Waals surface area contributed by atoms with Crippen molar-refractivity contribution in [3.63, 3.8) is 0 Å². The molecule has 0 N–H and O–H groups in total. The summed E-state index contributed by atoms with van der Waals surface area (Å²) in [6.07, 6.45) is 6.66. The number of terminal acetylenes is 1. The second kappa shape index (κ2) is 3.92. The molecule has 0 aliphatic carbocycles. The van der Waals surface area contributed by atoms with Crippen LogP contribution in [0.25, 0.3) is 0 Å². The number of halogens is 1. The Labute approximate surface area is 72.4 Å². The van der Waals surface area contributed by atoms with Crippen LogP contribution in [0, 0.1) is 25.1 Å². The lowest BCUT2D eigenvalue weighted by Gasteiger charge is -2.00. The molecule has 0 nitrogen and oxygen atoms in total. The first kappa shape index (κ1) is 8.80. The summed E-state index contributed by atoms with van der Waals surface area (Å²) in [5.74, 6) is 2.40. The Bertz CT molecular complexity index is 307. The predicted octanol–water partition coefficient (Wildman–Crippen LogP) is 2.70. The Morgan fingerprint density at radius 2 is 2.25 bits per heavy atom. The van der Waals surface area contributed by atoms with E-state index in [9.17, 15) is 4.39 Å². The molecule has 0 unspecified atom stereocenters. The molecule has 0 amide bonds. The molecule has 0 heterocycles. The van der Waals surface area contributed by atoms with Gasteiger partial charge in [-0.3, -0.25) is 0 Å². The van der Waals surface area contributed by atoms with Gasteiger partial charge in [0.15, 0.2) is 0 Å². The summed E-state index contributed by atoms with van der Waals surface area (Å²) in [4.78, 5) is 0. The van der Waals surface area contributed by atoms with Crippen molar-refractivity contribution < 1.29 is 4.39 Å². The third-order valence-corrected chi connectivity index (χ3v) is 1.78. The Kier molecular flexibility index (Phi) is 2.88. The zero-order valence-corrected chi connectivity index (χ0v) is 7.10. The van der Waals surface area contributed by atoms with Crippen LogP contribution in [-0.2, 0) is 6.42 Å². The van der Waals surface area contributed by atoms with Crippen molar-refractivity contribution in [3.8, 4) is 12.3 Å². The van der Waals surface area contributed by atoms with Crippen molar-refractivity contribution in [3.05, 3.63) is 35.1 Å². The van der Waals surface area contributed by atoms with Crippen molar-refractivity contribution in [2.75, 3.05) is 0 Å². The molecule has 0 bridgehead atoms. The molecule has 0 aliphatic heterocycles. The Balaban J connectivity index is 2.77. The summed E-state index contributed by atoms with van der Waals surface area (Å²) >= 11 is 0. The van der Waals surface area contributed by atoms with E-state index in [1.54, 1.807) is 13.0 Å². The topological polar surface area (TPSA) is 0 Å². The number of hydrogen-bond donors (Lipinski definition) is 0. The lowest BCUT2D eigenvalue weighted by molar-refractivity contribution is 0.617. The van der Waals surface area contributed by atoms with Crippen LogP contribution >= 0.6 is 0 Å².